The fraction of sp³-hybridized carbons (Fsp3) is 0.318. The maximum absolute atomic E-state index is 13.4. The van der Waals surface area contributed by atoms with Gasteiger partial charge in [0.05, 0.1) is 31.3 Å². The fourth-order valence-electron chi connectivity index (χ4n) is 3.76. The highest BCUT2D eigenvalue weighted by Gasteiger charge is 2.44. The van der Waals surface area contributed by atoms with Gasteiger partial charge in [-0.15, -0.1) is 0 Å². The summed E-state index contributed by atoms with van der Waals surface area (Å²) in [5.74, 6) is -3.27. The summed E-state index contributed by atoms with van der Waals surface area (Å²) in [5.41, 5.74) is -0.230. The molecule has 0 fully saturated rings. The topological polar surface area (TPSA) is 78.1 Å². The van der Waals surface area contributed by atoms with Crippen LogP contribution in [0.4, 0.5) is 13.2 Å². The highest BCUT2D eigenvalue weighted by atomic mass is 19.4. The lowest BCUT2D eigenvalue weighted by Gasteiger charge is -2.29. The minimum absolute atomic E-state index is 0.0476. The summed E-state index contributed by atoms with van der Waals surface area (Å²) in [7, 11) is 2.38. The Morgan fingerprint density at radius 1 is 1.03 bits per heavy atom. The van der Waals surface area contributed by atoms with Crippen molar-refractivity contribution in [3.8, 4) is 11.3 Å². The fourth-order valence-corrected chi connectivity index (χ4v) is 3.76. The van der Waals surface area contributed by atoms with Gasteiger partial charge in [0.25, 0.3) is 0 Å². The Labute approximate surface area is 176 Å². The van der Waals surface area contributed by atoms with Gasteiger partial charge in [0, 0.05) is 17.0 Å². The molecule has 3 rings (SSSR count). The van der Waals surface area contributed by atoms with Gasteiger partial charge in [0.15, 0.2) is 0 Å². The SMILES string of the molecule is COC(=O)C1=C(C)N=C(C)C(C(=O)OC)C1c1ccc(-c2ccccc2C(F)(F)F)o1. The number of hydrogen-bond acceptors (Lipinski definition) is 6. The van der Waals surface area contributed by atoms with Crippen LogP contribution < -0.4 is 0 Å². The van der Waals surface area contributed by atoms with Crippen LogP contribution >= 0.6 is 0 Å². The number of esters is 2. The molecule has 164 valence electrons. The lowest BCUT2D eigenvalue weighted by atomic mass is 9.78. The highest BCUT2D eigenvalue weighted by molar-refractivity contribution is 6.06. The molecular weight excluding hydrogens is 415 g/mol. The second-order valence-corrected chi connectivity index (χ2v) is 6.97. The van der Waals surface area contributed by atoms with Crippen LogP contribution in [0.1, 0.15) is 31.1 Å². The molecule has 2 unspecified atom stereocenters. The third kappa shape index (κ3) is 4.12. The number of allylic oxidation sites excluding steroid dienone is 1. The van der Waals surface area contributed by atoms with Gasteiger partial charge in [-0.2, -0.15) is 13.2 Å². The van der Waals surface area contributed by atoms with Crippen LogP contribution in [0, 0.1) is 5.92 Å². The number of carbonyl (C=O) groups excluding carboxylic acids is 2. The molecule has 0 spiro atoms. The Kier molecular flexibility index (Phi) is 6.06. The Morgan fingerprint density at radius 2 is 1.71 bits per heavy atom. The van der Waals surface area contributed by atoms with Gasteiger partial charge < -0.3 is 13.9 Å². The number of ether oxygens (including phenoxy) is 2. The van der Waals surface area contributed by atoms with Crippen molar-refractivity contribution in [1.82, 2.24) is 0 Å². The quantitative estimate of drug-likeness (QED) is 0.647. The minimum atomic E-state index is -4.58. The van der Waals surface area contributed by atoms with Crippen LogP contribution in [0.15, 0.2) is 57.1 Å². The second-order valence-electron chi connectivity index (χ2n) is 6.97. The van der Waals surface area contributed by atoms with Gasteiger partial charge >= 0.3 is 18.1 Å². The maximum atomic E-state index is 13.4. The van der Waals surface area contributed by atoms with E-state index >= 15 is 0 Å². The number of benzene rings is 1. The number of nitrogens with zero attached hydrogens (tertiary/aromatic N) is 1. The molecule has 1 aliphatic heterocycles. The summed E-state index contributed by atoms with van der Waals surface area (Å²) in [5, 5.41) is 0. The Hall–Kier alpha value is -3.36. The number of carbonyl (C=O) groups is 2. The van der Waals surface area contributed by atoms with Crippen LogP contribution in [0.5, 0.6) is 0 Å². The van der Waals surface area contributed by atoms with Crippen molar-refractivity contribution in [2.24, 2.45) is 10.9 Å². The highest BCUT2D eigenvalue weighted by Crippen LogP contribution is 2.43. The van der Waals surface area contributed by atoms with E-state index in [9.17, 15) is 22.8 Å². The molecule has 0 N–H and O–H groups in total. The molecule has 0 saturated carbocycles. The Bertz CT molecular complexity index is 1080. The van der Waals surface area contributed by atoms with E-state index in [1.54, 1.807) is 13.8 Å². The van der Waals surface area contributed by atoms with Gasteiger partial charge in [-0.1, -0.05) is 18.2 Å². The van der Waals surface area contributed by atoms with E-state index in [2.05, 4.69) is 4.99 Å². The number of alkyl halides is 3. The normalized spacial score (nSPS) is 19.1. The average Bonchev–Trinajstić information content (AvgIpc) is 3.21. The Morgan fingerprint density at radius 3 is 2.32 bits per heavy atom. The molecule has 31 heavy (non-hydrogen) atoms. The average molecular weight is 435 g/mol. The third-order valence-electron chi connectivity index (χ3n) is 5.12. The number of rotatable bonds is 4. The van der Waals surface area contributed by atoms with Crippen molar-refractivity contribution in [2.75, 3.05) is 14.2 Å². The molecule has 1 aromatic heterocycles. The van der Waals surface area contributed by atoms with E-state index in [0.29, 0.717) is 11.4 Å². The monoisotopic (exact) mass is 435 g/mol. The van der Waals surface area contributed by atoms with Gasteiger partial charge in [-0.25, -0.2) is 4.79 Å². The number of halogens is 3. The summed E-state index contributed by atoms with van der Waals surface area (Å²) in [6.45, 7) is 3.19. The van der Waals surface area contributed by atoms with Crippen molar-refractivity contribution < 1.29 is 36.7 Å². The molecule has 2 heterocycles. The first kappa shape index (κ1) is 22.3. The zero-order chi connectivity index (χ0) is 22.9. The lowest BCUT2D eigenvalue weighted by molar-refractivity contribution is -0.144. The molecule has 0 bridgehead atoms. The molecule has 1 aliphatic rings. The summed E-state index contributed by atoms with van der Waals surface area (Å²) < 4.78 is 55.8. The molecular formula is C22H20F3NO5. The van der Waals surface area contributed by atoms with Crippen LogP contribution in [0.2, 0.25) is 0 Å². The first-order valence-corrected chi connectivity index (χ1v) is 9.28. The summed E-state index contributed by atoms with van der Waals surface area (Å²) >= 11 is 0. The van der Waals surface area contributed by atoms with Crippen LogP contribution in [-0.4, -0.2) is 31.9 Å². The second kappa shape index (κ2) is 8.41. The van der Waals surface area contributed by atoms with Crippen molar-refractivity contribution in [2.45, 2.75) is 25.9 Å². The number of hydrogen-bond donors (Lipinski definition) is 0. The lowest BCUT2D eigenvalue weighted by Crippen LogP contribution is -2.35. The van der Waals surface area contributed by atoms with Gasteiger partial charge in [-0.3, -0.25) is 9.79 Å². The van der Waals surface area contributed by atoms with Crippen LogP contribution in [0.3, 0.4) is 0 Å². The van der Waals surface area contributed by atoms with E-state index in [1.807, 2.05) is 0 Å². The first-order valence-electron chi connectivity index (χ1n) is 9.28. The van der Waals surface area contributed by atoms with Crippen molar-refractivity contribution in [3.05, 3.63) is 59.0 Å². The molecule has 0 aliphatic carbocycles. The Balaban J connectivity index is 2.17. The van der Waals surface area contributed by atoms with E-state index in [4.69, 9.17) is 13.9 Å². The first-order chi connectivity index (χ1) is 14.6. The molecule has 9 heteroatoms. The number of furan rings is 1. The molecule has 0 amide bonds. The van der Waals surface area contributed by atoms with Crippen molar-refractivity contribution in [1.29, 1.82) is 0 Å². The third-order valence-corrected chi connectivity index (χ3v) is 5.12. The van der Waals surface area contributed by atoms with Crippen molar-refractivity contribution >= 4 is 17.7 Å². The molecule has 2 aromatic rings. The predicted octanol–water partition coefficient (Wildman–Crippen LogP) is 4.76. The van der Waals surface area contributed by atoms with Gasteiger partial charge in [0.1, 0.15) is 17.4 Å². The van der Waals surface area contributed by atoms with E-state index < -0.39 is 35.5 Å². The summed E-state index contributed by atoms with van der Waals surface area (Å²) in [4.78, 5) is 29.3. The van der Waals surface area contributed by atoms with Crippen LogP contribution in [-0.2, 0) is 25.2 Å². The van der Waals surface area contributed by atoms with E-state index in [-0.39, 0.29) is 22.7 Å². The van der Waals surface area contributed by atoms with Crippen LogP contribution in [0.25, 0.3) is 11.3 Å². The zero-order valence-electron chi connectivity index (χ0n) is 17.2. The predicted molar refractivity (Wildman–Crippen MR) is 105 cm³/mol. The summed E-state index contributed by atoms with van der Waals surface area (Å²) in [6.07, 6.45) is -4.58. The number of aliphatic imine (C=N–C) groups is 1. The zero-order valence-corrected chi connectivity index (χ0v) is 17.2. The standard InChI is InChI=1S/C22H20F3NO5/c1-11-17(20(27)29-3)19(18(12(2)26-11)21(28)30-4)16-10-9-15(31-16)13-7-5-6-8-14(13)22(23,24)25/h5-10,17,19H,1-4H3. The maximum Gasteiger partial charge on any atom is 0.417 e. The largest absolute Gasteiger partial charge is 0.468 e. The number of methoxy groups -OCH3 is 2. The van der Waals surface area contributed by atoms with E-state index in [0.717, 1.165) is 6.07 Å². The molecule has 6 nitrogen and oxygen atoms in total. The van der Waals surface area contributed by atoms with Gasteiger partial charge in [-0.05, 0) is 32.0 Å². The smallest absolute Gasteiger partial charge is 0.417 e. The molecule has 0 saturated heterocycles. The molecule has 2 atom stereocenters. The minimum Gasteiger partial charge on any atom is -0.468 e. The van der Waals surface area contributed by atoms with Gasteiger partial charge in [0.2, 0.25) is 0 Å². The summed E-state index contributed by atoms with van der Waals surface area (Å²) in [6, 6.07) is 7.81. The molecule has 0 radical (unpaired) electrons. The van der Waals surface area contributed by atoms with E-state index in [1.165, 1.54) is 44.6 Å². The molecule has 1 aromatic carbocycles. The van der Waals surface area contributed by atoms with Crippen molar-refractivity contribution in [3.63, 3.8) is 0 Å².